The molecule has 2 aliphatic heterocycles. The highest BCUT2D eigenvalue weighted by Gasteiger charge is 2.16. The van der Waals surface area contributed by atoms with Crippen LogP contribution in [0.25, 0.3) is 0 Å². The second-order valence-electron chi connectivity index (χ2n) is 11.2. The van der Waals surface area contributed by atoms with Gasteiger partial charge in [-0.05, 0) is 84.4 Å². The maximum Gasteiger partial charge on any atom is 0.255 e. The van der Waals surface area contributed by atoms with Crippen molar-refractivity contribution in [1.82, 2.24) is 0 Å². The quantitative estimate of drug-likeness (QED) is 0.184. The van der Waals surface area contributed by atoms with E-state index in [-0.39, 0.29) is 11.8 Å². The first-order chi connectivity index (χ1) is 24.2. The van der Waals surface area contributed by atoms with Gasteiger partial charge in [0.05, 0.1) is 51.4 Å². The summed E-state index contributed by atoms with van der Waals surface area (Å²) in [6, 6.07) is 24.6. The number of morpholine rings is 2. The summed E-state index contributed by atoms with van der Waals surface area (Å²) in [6.45, 7) is 6.09. The van der Waals surface area contributed by atoms with Gasteiger partial charge in [-0.1, -0.05) is 23.7 Å². The zero-order valence-electron chi connectivity index (χ0n) is 27.7. The number of anilines is 4. The van der Waals surface area contributed by atoms with E-state index in [4.69, 9.17) is 42.1 Å². The standard InChI is InChI=1S/C26H26ClN3O5.C11H12ClNO2/c1-33-23-9-6-18(15-24(23)34-2)26(32)29-22-16-19(7-8-21(22)27)28-25(31)17-4-3-5-20(14-17)30-10-12-35-13-11-30;12-11(14)9-2-1-3-10(8-9)13-4-6-15-7-5-13/h3-9,14-16H,10-13H2,1-2H3,(H,28,31)(H,29,32);1-3,8H,4-7H2. The molecule has 6 rings (SSSR count). The van der Waals surface area contributed by atoms with E-state index in [0.29, 0.717) is 57.8 Å². The third-order valence-corrected chi connectivity index (χ3v) is 8.60. The van der Waals surface area contributed by atoms with Gasteiger partial charge in [0.1, 0.15) is 0 Å². The lowest BCUT2D eigenvalue weighted by molar-refractivity contribution is 0.101. The molecule has 13 heteroatoms. The molecule has 2 saturated heterocycles. The second kappa shape index (κ2) is 17.7. The van der Waals surface area contributed by atoms with Crippen LogP contribution in [0.2, 0.25) is 5.02 Å². The first-order valence-electron chi connectivity index (χ1n) is 16.0. The predicted octanol–water partition coefficient (Wildman–Crippen LogP) is 6.60. The molecule has 0 spiro atoms. The number of methoxy groups -OCH3 is 2. The average molecular weight is 722 g/mol. The molecule has 2 aliphatic rings. The maximum atomic E-state index is 12.9. The van der Waals surface area contributed by atoms with Gasteiger partial charge in [-0.3, -0.25) is 14.4 Å². The van der Waals surface area contributed by atoms with Crippen LogP contribution in [0, 0.1) is 0 Å². The molecule has 50 heavy (non-hydrogen) atoms. The molecule has 4 aromatic rings. The molecule has 11 nitrogen and oxygen atoms in total. The topological polar surface area (TPSA) is 119 Å². The lowest BCUT2D eigenvalue weighted by Crippen LogP contribution is -2.36. The molecule has 0 bridgehead atoms. The Morgan fingerprint density at radius 1 is 0.640 bits per heavy atom. The molecule has 2 heterocycles. The number of nitrogens with one attached hydrogen (secondary N) is 2. The fourth-order valence-corrected chi connectivity index (χ4v) is 5.67. The molecule has 0 atom stereocenters. The number of halogens is 2. The Morgan fingerprint density at radius 3 is 1.76 bits per heavy atom. The summed E-state index contributed by atoms with van der Waals surface area (Å²) in [6.07, 6.45) is 0. The van der Waals surface area contributed by atoms with E-state index in [1.54, 1.807) is 48.5 Å². The van der Waals surface area contributed by atoms with Gasteiger partial charge >= 0.3 is 0 Å². The third kappa shape index (κ3) is 9.66. The normalized spacial score (nSPS) is 14.2. The number of carbonyl (C=O) groups excluding carboxylic acids is 3. The molecular weight excluding hydrogens is 683 g/mol. The Balaban J connectivity index is 0.000000269. The Kier molecular flexibility index (Phi) is 12.9. The van der Waals surface area contributed by atoms with Crippen LogP contribution in [0.4, 0.5) is 22.7 Å². The van der Waals surface area contributed by atoms with Gasteiger partial charge in [-0.2, -0.15) is 0 Å². The molecule has 2 N–H and O–H groups in total. The molecule has 0 aliphatic carbocycles. The number of hydrogen-bond acceptors (Lipinski definition) is 9. The molecule has 2 fully saturated rings. The summed E-state index contributed by atoms with van der Waals surface area (Å²) in [5.41, 5.74) is 4.31. The highest BCUT2D eigenvalue weighted by molar-refractivity contribution is 6.67. The number of hydrogen-bond donors (Lipinski definition) is 2. The van der Waals surface area contributed by atoms with Crippen LogP contribution in [0.15, 0.2) is 84.9 Å². The minimum atomic E-state index is -0.412. The first kappa shape index (κ1) is 36.5. The lowest BCUT2D eigenvalue weighted by atomic mass is 10.1. The van der Waals surface area contributed by atoms with E-state index in [0.717, 1.165) is 50.8 Å². The van der Waals surface area contributed by atoms with Crippen molar-refractivity contribution in [2.75, 3.05) is 87.3 Å². The van der Waals surface area contributed by atoms with Crippen LogP contribution >= 0.6 is 23.2 Å². The van der Waals surface area contributed by atoms with Gasteiger partial charge in [0.25, 0.3) is 17.1 Å². The molecule has 0 saturated carbocycles. The van der Waals surface area contributed by atoms with E-state index in [1.165, 1.54) is 14.2 Å². The van der Waals surface area contributed by atoms with E-state index in [9.17, 15) is 14.4 Å². The molecule has 0 aromatic heterocycles. The van der Waals surface area contributed by atoms with Gasteiger partial charge in [0.2, 0.25) is 0 Å². The minimum Gasteiger partial charge on any atom is -0.493 e. The summed E-state index contributed by atoms with van der Waals surface area (Å²) in [4.78, 5) is 41.1. The van der Waals surface area contributed by atoms with Crippen LogP contribution in [-0.4, -0.2) is 83.9 Å². The summed E-state index contributed by atoms with van der Waals surface area (Å²) >= 11 is 11.7. The predicted molar refractivity (Wildman–Crippen MR) is 196 cm³/mol. The van der Waals surface area contributed by atoms with Crippen molar-refractivity contribution in [3.8, 4) is 11.5 Å². The zero-order valence-corrected chi connectivity index (χ0v) is 29.3. The summed E-state index contributed by atoms with van der Waals surface area (Å²) in [7, 11) is 3.02. The largest absolute Gasteiger partial charge is 0.493 e. The van der Waals surface area contributed by atoms with Crippen LogP contribution in [0.5, 0.6) is 11.5 Å². The van der Waals surface area contributed by atoms with Crippen molar-refractivity contribution in [3.63, 3.8) is 0 Å². The van der Waals surface area contributed by atoms with Gasteiger partial charge in [0, 0.05) is 59.9 Å². The van der Waals surface area contributed by atoms with Crippen molar-refractivity contribution in [2.24, 2.45) is 0 Å². The molecule has 0 unspecified atom stereocenters. The molecule has 4 aromatic carbocycles. The highest BCUT2D eigenvalue weighted by atomic mass is 35.5. The second-order valence-corrected chi connectivity index (χ2v) is 12.0. The van der Waals surface area contributed by atoms with Gasteiger partial charge in [-0.25, -0.2) is 0 Å². The monoisotopic (exact) mass is 720 g/mol. The van der Waals surface area contributed by atoms with Gasteiger partial charge in [0.15, 0.2) is 11.5 Å². The molecular formula is C37H38Cl2N4O7. The number of nitrogens with zero attached hydrogens (tertiary/aromatic N) is 2. The Hall–Kier alpha value is -4.81. The number of benzene rings is 4. The third-order valence-electron chi connectivity index (χ3n) is 8.05. The van der Waals surface area contributed by atoms with E-state index < -0.39 is 5.24 Å². The van der Waals surface area contributed by atoms with E-state index in [1.807, 2.05) is 36.4 Å². The van der Waals surface area contributed by atoms with Crippen molar-refractivity contribution >= 4 is 63.0 Å². The van der Waals surface area contributed by atoms with E-state index >= 15 is 0 Å². The first-order valence-corrected chi connectivity index (χ1v) is 16.7. The van der Waals surface area contributed by atoms with Crippen LogP contribution in [-0.2, 0) is 9.47 Å². The van der Waals surface area contributed by atoms with Crippen LogP contribution in [0.1, 0.15) is 31.1 Å². The number of carbonyl (C=O) groups is 3. The van der Waals surface area contributed by atoms with Crippen molar-refractivity contribution < 1.29 is 33.3 Å². The highest BCUT2D eigenvalue weighted by Crippen LogP contribution is 2.30. The van der Waals surface area contributed by atoms with Crippen molar-refractivity contribution in [2.45, 2.75) is 0 Å². The summed E-state index contributed by atoms with van der Waals surface area (Å²) in [5.74, 6) is 0.310. The van der Waals surface area contributed by atoms with E-state index in [2.05, 4.69) is 20.4 Å². The Morgan fingerprint density at radius 2 is 1.18 bits per heavy atom. The summed E-state index contributed by atoms with van der Waals surface area (Å²) < 4.78 is 21.1. The fraction of sp³-hybridized carbons (Fsp3) is 0.270. The minimum absolute atomic E-state index is 0.264. The zero-order chi connectivity index (χ0) is 35.5. The maximum absolute atomic E-state index is 12.9. The number of amides is 2. The van der Waals surface area contributed by atoms with Crippen molar-refractivity contribution in [1.29, 1.82) is 0 Å². The van der Waals surface area contributed by atoms with Gasteiger partial charge < -0.3 is 39.4 Å². The fourth-order valence-electron chi connectivity index (χ4n) is 5.39. The number of rotatable bonds is 9. The van der Waals surface area contributed by atoms with Crippen molar-refractivity contribution in [3.05, 3.63) is 107 Å². The average Bonchev–Trinajstić information content (AvgIpc) is 3.16. The summed E-state index contributed by atoms with van der Waals surface area (Å²) in [5, 5.41) is 5.58. The molecule has 262 valence electrons. The SMILES string of the molecule is COc1ccc(C(=O)Nc2cc(NC(=O)c3cccc(N4CCOCC4)c3)ccc2Cl)cc1OC.O=C(Cl)c1cccc(N2CCOCC2)c1. The molecule has 0 radical (unpaired) electrons. The van der Waals surface area contributed by atoms with Crippen LogP contribution < -0.4 is 29.9 Å². The molecule has 2 amide bonds. The lowest BCUT2D eigenvalue weighted by Gasteiger charge is -2.29. The van der Waals surface area contributed by atoms with Gasteiger partial charge in [-0.15, -0.1) is 0 Å². The Labute approximate surface area is 301 Å². The van der Waals surface area contributed by atoms with Crippen LogP contribution in [0.3, 0.4) is 0 Å². The Bertz CT molecular complexity index is 1810. The smallest absolute Gasteiger partial charge is 0.255 e. The number of ether oxygens (including phenoxy) is 4.